The number of piperazine rings is 1. The highest BCUT2D eigenvalue weighted by Gasteiger charge is 2.26. The van der Waals surface area contributed by atoms with Crippen LogP contribution in [0.25, 0.3) is 5.52 Å². The molecule has 0 aromatic carbocycles. The summed E-state index contributed by atoms with van der Waals surface area (Å²) in [7, 11) is 2.19. The molecule has 2 fully saturated rings. The quantitative estimate of drug-likeness (QED) is 0.564. The highest BCUT2D eigenvalue weighted by atomic mass is 79.9. The van der Waals surface area contributed by atoms with Crippen molar-refractivity contribution in [3.05, 3.63) is 52.4 Å². The van der Waals surface area contributed by atoms with Crippen LogP contribution in [0.2, 0.25) is 0 Å². The number of anilines is 1. The van der Waals surface area contributed by atoms with E-state index >= 15 is 0 Å². The van der Waals surface area contributed by atoms with Crippen molar-refractivity contribution in [2.24, 2.45) is 0 Å². The van der Waals surface area contributed by atoms with Crippen LogP contribution in [0.1, 0.15) is 30.0 Å². The Morgan fingerprint density at radius 1 is 1.11 bits per heavy atom. The van der Waals surface area contributed by atoms with Gasteiger partial charge in [0.15, 0.2) is 0 Å². The number of hydrogen-bond acceptors (Lipinski definition) is 5. The van der Waals surface area contributed by atoms with Crippen LogP contribution in [-0.4, -0.2) is 52.7 Å². The van der Waals surface area contributed by atoms with E-state index in [4.69, 9.17) is 9.84 Å². The molecular formula is C21H24BrN5O. The zero-order valence-electron chi connectivity index (χ0n) is 16.0. The molecule has 7 heteroatoms. The van der Waals surface area contributed by atoms with Crippen LogP contribution in [0.15, 0.2) is 41.1 Å². The predicted molar refractivity (Wildman–Crippen MR) is 113 cm³/mol. The lowest BCUT2D eigenvalue weighted by molar-refractivity contribution is 0.299. The number of nitrogens with zero attached hydrogens (tertiary/aromatic N) is 5. The van der Waals surface area contributed by atoms with Crippen molar-refractivity contribution in [1.29, 1.82) is 0 Å². The van der Waals surface area contributed by atoms with Crippen LogP contribution >= 0.6 is 15.9 Å². The van der Waals surface area contributed by atoms with Crippen molar-refractivity contribution >= 4 is 27.3 Å². The average Bonchev–Trinajstić information content (AvgIpc) is 3.46. The van der Waals surface area contributed by atoms with E-state index in [9.17, 15) is 0 Å². The lowest BCUT2D eigenvalue weighted by Crippen LogP contribution is -2.45. The second-order valence-corrected chi connectivity index (χ2v) is 8.60. The molecule has 0 bridgehead atoms. The molecule has 3 aromatic heterocycles. The standard InChI is InChI=1S/C21H24BrN5O/c1-25-6-8-26(9-7-25)21-11-16(15-2-3-15)10-18-12-17(24-27(18)21)14-28-19-4-5-23-20(22)13-19/h4-5,10-13,15H,2-3,6-9,14H2,1H3. The maximum absolute atomic E-state index is 5.93. The molecule has 1 aliphatic carbocycles. The van der Waals surface area contributed by atoms with E-state index in [0.717, 1.165) is 53.7 Å². The minimum absolute atomic E-state index is 0.444. The smallest absolute Gasteiger partial charge is 0.132 e. The van der Waals surface area contributed by atoms with Crippen LogP contribution in [-0.2, 0) is 6.61 Å². The predicted octanol–water partition coefficient (Wildman–Crippen LogP) is 3.70. The molecule has 1 saturated heterocycles. The minimum atomic E-state index is 0.444. The second-order valence-electron chi connectivity index (χ2n) is 7.79. The first-order chi connectivity index (χ1) is 13.7. The Morgan fingerprint density at radius 3 is 2.68 bits per heavy atom. The fraction of sp³-hybridized carbons (Fsp3) is 0.429. The van der Waals surface area contributed by atoms with Gasteiger partial charge in [0.2, 0.25) is 0 Å². The summed E-state index contributed by atoms with van der Waals surface area (Å²) >= 11 is 3.38. The van der Waals surface area contributed by atoms with E-state index in [2.05, 4.69) is 60.5 Å². The molecule has 0 spiro atoms. The molecule has 0 radical (unpaired) electrons. The third-order valence-electron chi connectivity index (χ3n) is 5.58. The van der Waals surface area contributed by atoms with Crippen molar-refractivity contribution < 1.29 is 4.74 Å². The number of halogens is 1. The number of ether oxygens (including phenoxy) is 1. The molecule has 1 saturated carbocycles. The summed E-state index contributed by atoms with van der Waals surface area (Å²) < 4.78 is 8.79. The molecule has 2 aliphatic rings. The first-order valence-corrected chi connectivity index (χ1v) is 10.7. The van der Waals surface area contributed by atoms with Crippen molar-refractivity contribution in [3.8, 4) is 5.75 Å². The number of rotatable bonds is 5. The van der Waals surface area contributed by atoms with Gasteiger partial charge in [-0.05, 0) is 71.6 Å². The Morgan fingerprint density at radius 2 is 1.93 bits per heavy atom. The summed E-state index contributed by atoms with van der Waals surface area (Å²) in [6, 6.07) is 10.5. The Hall–Kier alpha value is -2.12. The lowest BCUT2D eigenvalue weighted by atomic mass is 10.1. The third-order valence-corrected chi connectivity index (χ3v) is 6.01. The summed E-state index contributed by atoms with van der Waals surface area (Å²) in [5, 5.41) is 4.87. The molecule has 0 unspecified atom stereocenters. The van der Waals surface area contributed by atoms with E-state index in [-0.39, 0.29) is 0 Å². The third kappa shape index (κ3) is 3.73. The molecule has 1 aliphatic heterocycles. The van der Waals surface area contributed by atoms with E-state index in [1.165, 1.54) is 24.2 Å². The number of pyridine rings is 2. The van der Waals surface area contributed by atoms with E-state index < -0.39 is 0 Å². The number of hydrogen-bond donors (Lipinski definition) is 0. The van der Waals surface area contributed by atoms with Gasteiger partial charge in [0.25, 0.3) is 0 Å². The fourth-order valence-corrected chi connectivity index (χ4v) is 4.12. The Labute approximate surface area is 173 Å². The van der Waals surface area contributed by atoms with Crippen LogP contribution in [0.5, 0.6) is 5.75 Å². The molecule has 0 N–H and O–H groups in total. The molecule has 4 heterocycles. The highest BCUT2D eigenvalue weighted by molar-refractivity contribution is 9.10. The van der Waals surface area contributed by atoms with E-state index in [1.807, 2.05) is 12.1 Å². The Bertz CT molecular complexity index is 992. The average molecular weight is 442 g/mol. The summed E-state index contributed by atoms with van der Waals surface area (Å²) in [4.78, 5) is 8.99. The van der Waals surface area contributed by atoms with Crippen LogP contribution in [0.4, 0.5) is 5.82 Å². The Kier molecular flexibility index (Phi) is 4.72. The molecule has 3 aromatic rings. The van der Waals surface area contributed by atoms with Gasteiger partial charge < -0.3 is 14.5 Å². The number of aromatic nitrogens is 3. The van der Waals surface area contributed by atoms with Crippen LogP contribution in [0.3, 0.4) is 0 Å². The topological polar surface area (TPSA) is 45.9 Å². The van der Waals surface area contributed by atoms with Gasteiger partial charge in [0, 0.05) is 38.4 Å². The maximum atomic E-state index is 5.93. The first kappa shape index (κ1) is 17.9. The summed E-state index contributed by atoms with van der Waals surface area (Å²) in [5.74, 6) is 2.72. The molecular weight excluding hydrogens is 418 g/mol. The van der Waals surface area contributed by atoms with Gasteiger partial charge in [-0.3, -0.25) is 0 Å². The zero-order valence-corrected chi connectivity index (χ0v) is 17.6. The summed E-state index contributed by atoms with van der Waals surface area (Å²) in [5.41, 5.74) is 3.55. The monoisotopic (exact) mass is 441 g/mol. The lowest BCUT2D eigenvalue weighted by Gasteiger charge is -2.34. The van der Waals surface area contributed by atoms with Crippen molar-refractivity contribution in [1.82, 2.24) is 19.5 Å². The van der Waals surface area contributed by atoms with Crippen molar-refractivity contribution in [3.63, 3.8) is 0 Å². The van der Waals surface area contributed by atoms with Gasteiger partial charge in [-0.2, -0.15) is 5.10 Å². The SMILES string of the molecule is CN1CCN(c2cc(C3CC3)cc3cc(COc4ccnc(Br)c4)nn23)CC1. The van der Waals surface area contributed by atoms with Gasteiger partial charge in [-0.15, -0.1) is 0 Å². The van der Waals surface area contributed by atoms with Crippen molar-refractivity contribution in [2.75, 3.05) is 38.1 Å². The second kappa shape index (κ2) is 7.37. The molecule has 28 heavy (non-hydrogen) atoms. The largest absolute Gasteiger partial charge is 0.487 e. The molecule has 6 nitrogen and oxygen atoms in total. The molecule has 0 amide bonds. The van der Waals surface area contributed by atoms with Crippen molar-refractivity contribution in [2.45, 2.75) is 25.4 Å². The first-order valence-electron chi connectivity index (χ1n) is 9.86. The van der Waals surface area contributed by atoms with Gasteiger partial charge in [-0.1, -0.05) is 0 Å². The zero-order chi connectivity index (χ0) is 19.1. The number of fused-ring (bicyclic) bond motifs is 1. The number of likely N-dealkylation sites (N-methyl/N-ethyl adjacent to an activating group) is 1. The van der Waals surface area contributed by atoms with Gasteiger partial charge in [0.1, 0.15) is 28.5 Å². The molecule has 0 atom stereocenters. The van der Waals surface area contributed by atoms with E-state index in [1.54, 1.807) is 6.20 Å². The molecule has 146 valence electrons. The normalized spacial score (nSPS) is 18.0. The summed E-state index contributed by atoms with van der Waals surface area (Å²) in [6.07, 6.45) is 4.34. The molecule has 5 rings (SSSR count). The summed E-state index contributed by atoms with van der Waals surface area (Å²) in [6.45, 7) is 4.69. The Balaban J connectivity index is 1.44. The van der Waals surface area contributed by atoms with Gasteiger partial charge in [-0.25, -0.2) is 9.50 Å². The highest BCUT2D eigenvalue weighted by Crippen LogP contribution is 2.41. The van der Waals surface area contributed by atoms with Crippen LogP contribution in [0, 0.1) is 0 Å². The fourth-order valence-electron chi connectivity index (χ4n) is 3.77. The van der Waals surface area contributed by atoms with Gasteiger partial charge >= 0.3 is 0 Å². The van der Waals surface area contributed by atoms with E-state index in [0.29, 0.717) is 6.61 Å². The van der Waals surface area contributed by atoms with Gasteiger partial charge in [0.05, 0.1) is 5.52 Å². The maximum Gasteiger partial charge on any atom is 0.132 e. The van der Waals surface area contributed by atoms with Crippen LogP contribution < -0.4 is 9.64 Å². The minimum Gasteiger partial charge on any atom is -0.487 e.